The highest BCUT2D eigenvalue weighted by Crippen LogP contribution is 2.38. The number of nitrogens with zero attached hydrogens (tertiary/aromatic N) is 1. The van der Waals surface area contributed by atoms with E-state index in [1.807, 2.05) is 37.8 Å². The number of anilines is 1. The molecule has 0 unspecified atom stereocenters. The Balaban J connectivity index is 2.35. The Labute approximate surface area is 168 Å². The summed E-state index contributed by atoms with van der Waals surface area (Å²) in [7, 11) is 0. The van der Waals surface area contributed by atoms with Gasteiger partial charge in [-0.1, -0.05) is 38.3 Å². The molecule has 1 aromatic carbocycles. The molecule has 0 heterocycles. The molecule has 2 rings (SSSR count). The van der Waals surface area contributed by atoms with Gasteiger partial charge in [0.05, 0.1) is 5.54 Å². The second-order valence-electron chi connectivity index (χ2n) is 8.31. The zero-order valence-corrected chi connectivity index (χ0v) is 17.8. The Kier molecular flexibility index (Phi) is 7.09. The maximum atomic E-state index is 12.6. The molecule has 6 heteroatoms. The summed E-state index contributed by atoms with van der Waals surface area (Å²) < 4.78 is 5.54. The summed E-state index contributed by atoms with van der Waals surface area (Å²) in [5, 5.41) is 3.56. The summed E-state index contributed by atoms with van der Waals surface area (Å²) in [4.78, 5) is 14.5. The number of benzene rings is 1. The molecule has 1 aliphatic rings. The molecule has 1 aromatic rings. The van der Waals surface area contributed by atoms with Crippen LogP contribution in [0.5, 0.6) is 0 Å². The lowest BCUT2D eigenvalue weighted by molar-refractivity contribution is 0.0420. The van der Waals surface area contributed by atoms with Crippen LogP contribution in [0.15, 0.2) is 24.3 Å². The molecule has 0 atom stereocenters. The van der Waals surface area contributed by atoms with Crippen LogP contribution >= 0.6 is 12.2 Å². The summed E-state index contributed by atoms with van der Waals surface area (Å²) in [6, 6.07) is 8.22. The number of carbonyl (C=O) groups excluding carboxylic acids is 1. The molecule has 1 amide bonds. The van der Waals surface area contributed by atoms with E-state index in [-0.39, 0.29) is 6.09 Å². The standard InChI is InChI=1S/C21H33N3O2S/c1-5-14-24(18(22)27)17-11-9-10-16(15-17)21(12-7-6-8-13-21)23-19(25)26-20(2,3)4/h9-11,15H,5-8,12-14H2,1-4H3,(H2,22,27)(H,23,25). The van der Waals surface area contributed by atoms with E-state index in [1.54, 1.807) is 0 Å². The SMILES string of the molecule is CCCN(C(N)=S)c1cccc(C2(NC(=O)OC(C)(C)C)CCCCC2)c1. The molecule has 1 saturated carbocycles. The van der Waals surface area contributed by atoms with Gasteiger partial charge in [-0.2, -0.15) is 0 Å². The lowest BCUT2D eigenvalue weighted by Crippen LogP contribution is -2.49. The van der Waals surface area contributed by atoms with E-state index in [9.17, 15) is 4.79 Å². The van der Waals surface area contributed by atoms with Gasteiger partial charge in [0.2, 0.25) is 0 Å². The number of nitrogens with two attached hydrogens (primary N) is 1. The van der Waals surface area contributed by atoms with Gasteiger partial charge in [0.1, 0.15) is 5.60 Å². The van der Waals surface area contributed by atoms with Crippen LogP contribution in [-0.2, 0) is 10.3 Å². The first-order valence-electron chi connectivity index (χ1n) is 9.85. The molecular formula is C21H33N3O2S. The number of ether oxygens (including phenoxy) is 1. The van der Waals surface area contributed by atoms with E-state index < -0.39 is 11.1 Å². The molecule has 0 spiro atoms. The van der Waals surface area contributed by atoms with Gasteiger partial charge in [0, 0.05) is 12.2 Å². The molecule has 27 heavy (non-hydrogen) atoms. The van der Waals surface area contributed by atoms with Crippen LogP contribution in [0.3, 0.4) is 0 Å². The number of thiocarbonyl (C=S) groups is 1. The molecule has 150 valence electrons. The number of hydrogen-bond donors (Lipinski definition) is 2. The highest BCUT2D eigenvalue weighted by molar-refractivity contribution is 7.80. The fraction of sp³-hybridized carbons (Fsp3) is 0.619. The van der Waals surface area contributed by atoms with Crippen LogP contribution in [-0.4, -0.2) is 23.4 Å². The fourth-order valence-corrected chi connectivity index (χ4v) is 3.90. The Hall–Kier alpha value is -1.82. The van der Waals surface area contributed by atoms with Crippen molar-refractivity contribution in [1.82, 2.24) is 5.32 Å². The zero-order valence-electron chi connectivity index (χ0n) is 17.0. The average molecular weight is 392 g/mol. The lowest BCUT2D eigenvalue weighted by atomic mass is 9.76. The Morgan fingerprint density at radius 3 is 2.52 bits per heavy atom. The summed E-state index contributed by atoms with van der Waals surface area (Å²) in [5.41, 5.74) is 7.06. The minimum atomic E-state index is -0.522. The van der Waals surface area contributed by atoms with Gasteiger partial charge < -0.3 is 20.7 Å². The quantitative estimate of drug-likeness (QED) is 0.704. The van der Waals surface area contributed by atoms with Gasteiger partial charge in [-0.25, -0.2) is 4.79 Å². The van der Waals surface area contributed by atoms with Crippen LogP contribution in [0, 0.1) is 0 Å². The van der Waals surface area contributed by atoms with E-state index in [1.165, 1.54) is 6.42 Å². The summed E-state index contributed by atoms with van der Waals surface area (Å²) in [5.74, 6) is 0. The van der Waals surface area contributed by atoms with Crippen molar-refractivity contribution in [3.05, 3.63) is 29.8 Å². The Bertz CT molecular complexity index is 664. The minimum Gasteiger partial charge on any atom is -0.444 e. The molecular weight excluding hydrogens is 358 g/mol. The van der Waals surface area contributed by atoms with Crippen molar-refractivity contribution < 1.29 is 9.53 Å². The number of alkyl carbamates (subject to hydrolysis) is 1. The first-order chi connectivity index (χ1) is 12.7. The smallest absolute Gasteiger partial charge is 0.408 e. The van der Waals surface area contributed by atoms with E-state index >= 15 is 0 Å². The van der Waals surface area contributed by atoms with Crippen LogP contribution in [0.4, 0.5) is 10.5 Å². The van der Waals surface area contributed by atoms with E-state index in [0.29, 0.717) is 5.11 Å². The minimum absolute atomic E-state index is 0.366. The van der Waals surface area contributed by atoms with Crippen LogP contribution < -0.4 is 16.0 Å². The number of hydrogen-bond acceptors (Lipinski definition) is 3. The molecule has 5 nitrogen and oxygen atoms in total. The van der Waals surface area contributed by atoms with Crippen LogP contribution in [0.1, 0.15) is 71.8 Å². The van der Waals surface area contributed by atoms with Crippen molar-refractivity contribution in [1.29, 1.82) is 0 Å². The third kappa shape index (κ3) is 5.83. The molecule has 0 radical (unpaired) electrons. The molecule has 0 aromatic heterocycles. The predicted molar refractivity (Wildman–Crippen MR) is 115 cm³/mol. The van der Waals surface area contributed by atoms with Gasteiger partial charge in [0.25, 0.3) is 0 Å². The maximum absolute atomic E-state index is 12.6. The zero-order chi connectivity index (χ0) is 20.1. The van der Waals surface area contributed by atoms with E-state index in [0.717, 1.165) is 49.9 Å². The highest BCUT2D eigenvalue weighted by Gasteiger charge is 2.37. The number of carbonyl (C=O) groups is 1. The fourth-order valence-electron chi connectivity index (χ4n) is 3.70. The van der Waals surface area contributed by atoms with Crippen molar-refractivity contribution in [2.45, 2.75) is 77.4 Å². The van der Waals surface area contributed by atoms with E-state index in [2.05, 4.69) is 24.4 Å². The topological polar surface area (TPSA) is 67.6 Å². The molecule has 1 fully saturated rings. The third-order valence-corrected chi connectivity index (χ3v) is 5.09. The lowest BCUT2D eigenvalue weighted by Gasteiger charge is -2.39. The second-order valence-corrected chi connectivity index (χ2v) is 8.73. The van der Waals surface area contributed by atoms with Gasteiger partial charge >= 0.3 is 6.09 Å². The van der Waals surface area contributed by atoms with Crippen molar-refractivity contribution in [3.8, 4) is 0 Å². The first kappa shape index (κ1) is 21.5. The Morgan fingerprint density at radius 2 is 1.96 bits per heavy atom. The van der Waals surface area contributed by atoms with Crippen molar-refractivity contribution in [2.75, 3.05) is 11.4 Å². The van der Waals surface area contributed by atoms with E-state index in [4.69, 9.17) is 22.7 Å². The molecule has 0 bridgehead atoms. The molecule has 3 N–H and O–H groups in total. The predicted octanol–water partition coefficient (Wildman–Crippen LogP) is 4.83. The molecule has 0 saturated heterocycles. The highest BCUT2D eigenvalue weighted by atomic mass is 32.1. The average Bonchev–Trinajstić information content (AvgIpc) is 2.58. The number of nitrogens with one attached hydrogen (secondary N) is 1. The van der Waals surface area contributed by atoms with Crippen LogP contribution in [0.2, 0.25) is 0 Å². The summed E-state index contributed by atoms with van der Waals surface area (Å²) >= 11 is 5.24. The summed E-state index contributed by atoms with van der Waals surface area (Å²) in [6.07, 6.45) is 5.72. The van der Waals surface area contributed by atoms with Crippen LogP contribution in [0.25, 0.3) is 0 Å². The largest absolute Gasteiger partial charge is 0.444 e. The van der Waals surface area contributed by atoms with Gasteiger partial charge in [0.15, 0.2) is 5.11 Å². The normalized spacial score (nSPS) is 16.4. The van der Waals surface area contributed by atoms with Gasteiger partial charge in [-0.15, -0.1) is 0 Å². The van der Waals surface area contributed by atoms with Crippen molar-refractivity contribution in [3.63, 3.8) is 0 Å². The summed E-state index contributed by atoms with van der Waals surface area (Å²) in [6.45, 7) is 8.51. The van der Waals surface area contributed by atoms with Gasteiger partial charge in [-0.05, 0) is 69.9 Å². The third-order valence-electron chi connectivity index (χ3n) is 4.87. The molecule has 0 aliphatic heterocycles. The van der Waals surface area contributed by atoms with Crippen molar-refractivity contribution >= 4 is 29.1 Å². The number of amides is 1. The van der Waals surface area contributed by atoms with Gasteiger partial charge in [-0.3, -0.25) is 0 Å². The monoisotopic (exact) mass is 391 g/mol. The second kappa shape index (κ2) is 8.91. The Morgan fingerprint density at radius 1 is 1.30 bits per heavy atom. The maximum Gasteiger partial charge on any atom is 0.408 e. The molecule has 1 aliphatic carbocycles. The number of rotatable bonds is 5. The van der Waals surface area contributed by atoms with Crippen molar-refractivity contribution in [2.24, 2.45) is 5.73 Å². The first-order valence-corrected chi connectivity index (χ1v) is 10.3.